The van der Waals surface area contributed by atoms with E-state index in [-0.39, 0.29) is 39.4 Å². The minimum absolute atomic E-state index is 0. The van der Waals surface area contributed by atoms with Crippen molar-refractivity contribution in [2.75, 3.05) is 0 Å². The van der Waals surface area contributed by atoms with Crippen LogP contribution in [0.5, 0.6) is 0 Å². The van der Waals surface area contributed by atoms with E-state index in [0.29, 0.717) is 11.1 Å². The molecule has 2 aromatic carbocycles. The van der Waals surface area contributed by atoms with Crippen LogP contribution in [0.4, 0.5) is 26.3 Å². The molecule has 0 aliphatic heterocycles. The fraction of sp³-hybridized carbons (Fsp3) is 0.0714. The van der Waals surface area contributed by atoms with Crippen molar-refractivity contribution in [1.82, 2.24) is 9.97 Å². The van der Waals surface area contributed by atoms with E-state index in [1.807, 2.05) is 0 Å². The Bertz CT molecular complexity index is 1460. The van der Waals surface area contributed by atoms with Crippen LogP contribution < -0.4 is 0 Å². The summed E-state index contributed by atoms with van der Waals surface area (Å²) < 4.78 is 75.2. The molecule has 0 amide bonds. The van der Waals surface area contributed by atoms with Crippen LogP contribution in [0.3, 0.4) is 0 Å². The smallest absolute Gasteiger partial charge is 0.416 e. The summed E-state index contributed by atoms with van der Waals surface area (Å²) in [4.78, 5) is 7.61. The molecule has 0 fully saturated rings. The Morgan fingerprint density at radius 1 is 0.581 bits per heavy atom. The van der Waals surface area contributed by atoms with Gasteiger partial charge < -0.3 is 10.2 Å². The molecule has 2 heterocycles. The van der Waals surface area contributed by atoms with Gasteiger partial charge in [0.25, 0.3) is 0 Å². The van der Waals surface area contributed by atoms with Crippen molar-refractivity contribution in [2.24, 2.45) is 20.4 Å². The number of nitrogens with zero attached hydrogens (tertiary/aromatic N) is 6. The molecule has 4 aromatic rings. The van der Waals surface area contributed by atoms with E-state index in [0.717, 1.165) is 24.3 Å². The first-order valence-corrected chi connectivity index (χ1v) is 11.7. The predicted molar refractivity (Wildman–Crippen MR) is 147 cm³/mol. The van der Waals surface area contributed by atoms with Crippen LogP contribution in [-0.2, 0) is 28.8 Å². The van der Waals surface area contributed by atoms with Gasteiger partial charge in [0.2, 0.25) is 0 Å². The van der Waals surface area contributed by atoms with Gasteiger partial charge in [-0.2, -0.15) is 36.5 Å². The molecule has 0 saturated carbocycles. The first-order chi connectivity index (χ1) is 19.9. The standard InChI is InChI=1S/2C14H10F3N3O.Ni/c2*15-14(16,17)12-3-1-2-10(8-12)9-19-20-13(21)11-4-6-18-7-5-11;/h2*1-9H,(H,20,21);/p+2/b2*19-9-;. The van der Waals surface area contributed by atoms with Crippen LogP contribution in [0.25, 0.3) is 0 Å². The van der Waals surface area contributed by atoms with Crippen LogP contribution in [0.1, 0.15) is 33.4 Å². The van der Waals surface area contributed by atoms with Gasteiger partial charge in [0.1, 0.15) is 0 Å². The number of benzene rings is 2. The van der Waals surface area contributed by atoms with Crippen LogP contribution in [0, 0.1) is 0 Å². The van der Waals surface area contributed by atoms with E-state index in [1.165, 1.54) is 61.5 Å². The van der Waals surface area contributed by atoms with Crippen LogP contribution >= 0.6 is 0 Å². The molecule has 8 nitrogen and oxygen atoms in total. The molecule has 0 aliphatic carbocycles. The number of alkyl halides is 6. The van der Waals surface area contributed by atoms with E-state index in [4.69, 9.17) is 10.2 Å². The van der Waals surface area contributed by atoms with Crippen molar-refractivity contribution < 1.29 is 53.0 Å². The summed E-state index contributed by atoms with van der Waals surface area (Å²) >= 11 is 0. The van der Waals surface area contributed by atoms with E-state index in [2.05, 4.69) is 30.4 Å². The van der Waals surface area contributed by atoms with Gasteiger partial charge in [-0.3, -0.25) is 9.97 Å². The van der Waals surface area contributed by atoms with Gasteiger partial charge in [0.05, 0.1) is 34.7 Å². The maximum atomic E-state index is 12.5. The van der Waals surface area contributed by atoms with Gasteiger partial charge in [-0.15, -0.1) is 0 Å². The Labute approximate surface area is 250 Å². The maximum Gasteiger partial charge on any atom is 0.416 e. The van der Waals surface area contributed by atoms with E-state index in [1.54, 1.807) is 24.3 Å². The fourth-order valence-electron chi connectivity index (χ4n) is 3.03. The van der Waals surface area contributed by atoms with Crippen LogP contribution in [-0.4, -0.2) is 44.4 Å². The average Bonchev–Trinajstić information content (AvgIpc) is 2.98. The molecule has 0 atom stereocenters. The largest absolute Gasteiger partial charge is 0.577 e. The van der Waals surface area contributed by atoms with E-state index < -0.39 is 23.5 Å². The van der Waals surface area contributed by atoms with Gasteiger partial charge >= 0.3 is 24.1 Å². The zero-order valence-electron chi connectivity index (χ0n) is 21.7. The van der Waals surface area contributed by atoms with Crippen molar-refractivity contribution in [3.8, 4) is 0 Å². The van der Waals surface area contributed by atoms with Gasteiger partial charge in [-0.05, 0) is 59.7 Å². The third kappa shape index (κ3) is 11.5. The number of pyridine rings is 2. The number of aromatic nitrogens is 2. The summed E-state index contributed by atoms with van der Waals surface area (Å²) in [5.74, 6) is -0.193. The van der Waals surface area contributed by atoms with E-state index >= 15 is 0 Å². The van der Waals surface area contributed by atoms with Gasteiger partial charge in [0.15, 0.2) is 0 Å². The maximum absolute atomic E-state index is 12.5. The average molecular weight is 647 g/mol. The van der Waals surface area contributed by atoms with Crippen molar-refractivity contribution in [3.05, 3.63) is 131 Å². The molecule has 0 saturated heterocycles. The zero-order chi connectivity index (χ0) is 30.6. The summed E-state index contributed by atoms with van der Waals surface area (Å²) in [6.07, 6.45) is -0.414. The Morgan fingerprint density at radius 2 is 0.930 bits per heavy atom. The molecule has 0 bridgehead atoms. The quantitative estimate of drug-likeness (QED) is 0.0714. The number of rotatable bonds is 6. The molecule has 0 spiro atoms. The third-order valence-corrected chi connectivity index (χ3v) is 5.06. The molecule has 15 heteroatoms. The van der Waals surface area contributed by atoms with Crippen LogP contribution in [0.15, 0.2) is 118 Å². The summed E-state index contributed by atoms with van der Waals surface area (Å²) in [6, 6.07) is 15.8. The summed E-state index contributed by atoms with van der Waals surface area (Å²) in [6.45, 7) is 0. The summed E-state index contributed by atoms with van der Waals surface area (Å²) in [5, 5.41) is 29.8. The normalized spacial score (nSPS) is 12.5. The molecule has 226 valence electrons. The molecular formula is C28H22F6N6NiO2+2. The Balaban J connectivity index is 0.000000293. The SMILES string of the molecule is [Ni].[OH2+]/C(=N\N=C/c1cccc(C(F)(F)F)c1)c1ccncc1.[OH2+]/C(=N\N=C/c1cccc(C(F)(F)F)c1)c1ccncc1. The monoisotopic (exact) mass is 646 g/mol. The minimum Gasteiger partial charge on any atom is -0.577 e. The Morgan fingerprint density at radius 3 is 1.26 bits per heavy atom. The third-order valence-electron chi connectivity index (χ3n) is 5.06. The Hall–Kier alpha value is -4.91. The zero-order valence-corrected chi connectivity index (χ0v) is 22.6. The molecule has 0 aliphatic rings. The molecule has 2 aromatic heterocycles. The molecule has 0 unspecified atom stereocenters. The second-order valence-corrected chi connectivity index (χ2v) is 8.10. The number of hydrogen-bond acceptors (Lipinski definition) is 6. The second kappa shape index (κ2) is 15.9. The van der Waals surface area contributed by atoms with Crippen molar-refractivity contribution in [2.45, 2.75) is 12.4 Å². The van der Waals surface area contributed by atoms with Gasteiger partial charge in [0, 0.05) is 41.3 Å². The fourth-order valence-corrected chi connectivity index (χ4v) is 3.03. The molecular weight excluding hydrogens is 625 g/mol. The van der Waals surface area contributed by atoms with Crippen molar-refractivity contribution in [3.63, 3.8) is 0 Å². The summed E-state index contributed by atoms with van der Waals surface area (Å²) in [5.41, 5.74) is 0.0518. The molecule has 0 radical (unpaired) electrons. The number of hydrogen-bond donors (Lipinski definition) is 0. The summed E-state index contributed by atoms with van der Waals surface area (Å²) in [7, 11) is 0. The predicted octanol–water partition coefficient (Wildman–Crippen LogP) is 5.21. The number of halogens is 6. The van der Waals surface area contributed by atoms with Crippen molar-refractivity contribution >= 4 is 24.2 Å². The molecule has 4 rings (SSSR count). The van der Waals surface area contributed by atoms with Crippen molar-refractivity contribution in [1.29, 1.82) is 0 Å². The van der Waals surface area contributed by atoms with Gasteiger partial charge in [-0.1, -0.05) is 34.5 Å². The second-order valence-electron chi connectivity index (χ2n) is 8.10. The molecule has 4 N–H and O–H groups in total. The topological polar surface area (TPSA) is 121 Å². The first-order valence-electron chi connectivity index (χ1n) is 11.7. The van der Waals surface area contributed by atoms with Gasteiger partial charge in [-0.25, -0.2) is 0 Å². The Kier molecular flexibility index (Phi) is 12.7. The van der Waals surface area contributed by atoms with Crippen LogP contribution in [0.2, 0.25) is 0 Å². The first kappa shape index (κ1) is 34.3. The minimum atomic E-state index is -4.40. The van der Waals surface area contributed by atoms with E-state index in [9.17, 15) is 26.3 Å². The molecule has 43 heavy (non-hydrogen) atoms.